The van der Waals surface area contributed by atoms with Gasteiger partial charge in [-0.15, -0.1) is 0 Å². The largest absolute Gasteiger partial charge is 0.446 e. The number of amides is 2. The van der Waals surface area contributed by atoms with Crippen LogP contribution in [-0.4, -0.2) is 257 Å². The normalized spacial score (nSPS) is 47.2. The SMILES string of the molecule is C.CCC1(C)O[C@](C)(OCC2(C)O[C@](C)(COCCC3(C)O[C@](C)(COC)C(C)(O)[C@](C)(COC)[C@]3(C)O)C(C)(COC[C@@]3(C)OC(C)(COC(=O)NCCCCCCCCCCNC(=O)OC4CCC5(C)C(=CCC6C5CCC5(C)C(C(C)CCCC(C)C)CCC65)C4)[C@@](C)(O)[C@@](C)(O)C3(C)COC)[C@](C)(O)[C@]2(C)O)C(C)(COC)[C@](C)(O)[C@]1(C)O. The van der Waals surface area contributed by atoms with Crippen LogP contribution in [0.2, 0.25) is 0 Å². The Bertz CT molecular complexity index is 3490. The number of alkyl carbamates (subject to hydrolysis) is 2. The van der Waals surface area contributed by atoms with Gasteiger partial charge in [0.05, 0.1) is 85.7 Å². The molecule has 0 bridgehead atoms. The average Bonchev–Trinajstić information content (AvgIpc) is 0.816. The molecule has 714 valence electrons. The lowest BCUT2D eigenvalue weighted by Gasteiger charge is -2.69. The fourth-order valence-corrected chi connectivity index (χ4v) is 25.2. The predicted molar refractivity (Wildman–Crippen MR) is 473 cm³/mol. The fourth-order valence-electron chi connectivity index (χ4n) is 25.2. The minimum absolute atomic E-state index is 0. The number of aliphatic hydroxyl groups is 8. The molecule has 4 saturated heterocycles. The number of unbranched alkanes of at least 4 members (excludes halogenated alkanes) is 7. The molecule has 28 atom stereocenters. The number of hydrogen-bond donors (Lipinski definition) is 10. The fraction of sp³-hybridized carbons (Fsp3) is 0.959. The van der Waals surface area contributed by atoms with Crippen LogP contribution in [0.1, 0.15) is 322 Å². The van der Waals surface area contributed by atoms with Gasteiger partial charge < -0.3 is 113 Å². The van der Waals surface area contributed by atoms with Crippen LogP contribution in [-0.2, 0) is 61.6 Å². The zero-order valence-corrected chi connectivity index (χ0v) is 81.2. The molecule has 4 heterocycles. The second-order valence-corrected chi connectivity index (χ2v) is 44.4. The molecule has 0 aromatic rings. The molecule has 4 aliphatic carbocycles. The molecule has 10 N–H and O–H groups in total. The van der Waals surface area contributed by atoms with E-state index in [-0.39, 0.29) is 84.1 Å². The lowest BCUT2D eigenvalue weighted by molar-refractivity contribution is -0.462. The van der Waals surface area contributed by atoms with Crippen LogP contribution in [0.25, 0.3) is 0 Å². The topological polar surface area (TPSA) is 340 Å². The van der Waals surface area contributed by atoms with Gasteiger partial charge in [-0.2, -0.15) is 0 Å². The molecule has 8 aliphatic rings. The van der Waals surface area contributed by atoms with Crippen LogP contribution in [0.4, 0.5) is 9.59 Å². The maximum atomic E-state index is 13.8. The summed E-state index contributed by atoms with van der Waals surface area (Å²) in [5, 5.41) is 109. The highest BCUT2D eigenvalue weighted by molar-refractivity contribution is 5.67. The summed E-state index contributed by atoms with van der Waals surface area (Å²) in [7, 11) is 5.94. The summed E-state index contributed by atoms with van der Waals surface area (Å²) in [6.07, 6.45) is 22.9. The number of hydrogen-bond acceptors (Lipinski definition) is 23. The van der Waals surface area contributed by atoms with Crippen molar-refractivity contribution in [3.63, 3.8) is 0 Å². The smallest absolute Gasteiger partial charge is 0.407 e. The highest BCUT2D eigenvalue weighted by Gasteiger charge is 2.80. The summed E-state index contributed by atoms with van der Waals surface area (Å²) in [5.41, 5.74) is -31.2. The molecule has 0 aromatic carbocycles. The van der Waals surface area contributed by atoms with E-state index in [4.69, 9.17) is 61.6 Å². The van der Waals surface area contributed by atoms with E-state index in [0.717, 1.165) is 99.7 Å². The number of methoxy groups -OCH3 is 4. The van der Waals surface area contributed by atoms with Crippen molar-refractivity contribution in [2.75, 3.05) is 108 Å². The first-order valence-electron chi connectivity index (χ1n) is 46.4. The molecule has 25 heteroatoms. The highest BCUT2D eigenvalue weighted by Crippen LogP contribution is 2.70. The van der Waals surface area contributed by atoms with Crippen LogP contribution < -0.4 is 10.6 Å². The maximum Gasteiger partial charge on any atom is 0.407 e. The number of ether oxygens (including phenoxy) is 13. The summed E-state index contributed by atoms with van der Waals surface area (Å²) in [6.45, 7) is 45.0. The standard InChI is InChI=1S/C96H174N2O23.CH4/c1-31-81(11)93(23,106)92(22,105)80(10,58-111-29)96(26,121-81)116-64-87(17)95(25,108)91(21,104)78(8,83(13,120-87)61-113-54-51-82(12)88(18,101)79(9,57-110-28)89(19,102)85(15,118-82)60-112-30)59-114-62-84(14)77(7,56-109-27)90(20,103)94(24,107)86(16,119-84)63-115-73(99)97-52-38-36-34-32-33-35-37-39-53-98-74(100)117-68-47-49-75(5)67(55-68)43-44-69-71-46-45-70(66(4)42-40-41-65(2)3)76(71,6)50-48-72(69)75;/h43,65-66,68-72,101-108H,31-42,44-64H2,1-30H3,(H,97,99)(H,98,100);1H4/t66?,68?,69?,70?,71?,72?,75?,76?,77?,78?,79-,80?,81?,82?,83-,84-,85-,86?,87?,88+,89?,90+,91+,92+,93-,94-,95-,96+;/m1./s1. The monoisotopic (exact) mass is 1740 g/mol. The zero-order chi connectivity index (χ0) is 91.4. The van der Waals surface area contributed by atoms with E-state index < -0.39 is 137 Å². The Hall–Kier alpha value is -2.48. The van der Waals surface area contributed by atoms with Crippen molar-refractivity contribution in [3.8, 4) is 0 Å². The Labute approximate surface area is 736 Å². The minimum atomic E-state index is -2.28. The van der Waals surface area contributed by atoms with Gasteiger partial charge in [0.2, 0.25) is 0 Å². The Morgan fingerprint density at radius 3 is 1.43 bits per heavy atom. The number of fused-ring (bicyclic) bond motifs is 5. The van der Waals surface area contributed by atoms with Crippen LogP contribution in [0.3, 0.4) is 0 Å². The third-order valence-electron chi connectivity index (χ3n) is 37.0. The molecule has 8 rings (SSSR count). The minimum Gasteiger partial charge on any atom is -0.446 e. The average molecular weight is 1740 g/mol. The van der Waals surface area contributed by atoms with Gasteiger partial charge >= 0.3 is 12.2 Å². The number of allylic oxidation sites excluding steroid dienone is 1. The lowest BCUT2D eigenvalue weighted by atomic mass is 9.47. The lowest BCUT2D eigenvalue weighted by Crippen LogP contribution is -2.84. The van der Waals surface area contributed by atoms with Gasteiger partial charge in [-0.05, 0) is 228 Å². The molecule has 25 nitrogen and oxygen atoms in total. The van der Waals surface area contributed by atoms with Crippen molar-refractivity contribution in [2.24, 2.45) is 68.0 Å². The summed E-state index contributed by atoms with van der Waals surface area (Å²) < 4.78 is 84.1. The Balaban J connectivity index is 0.0000205. The van der Waals surface area contributed by atoms with Crippen LogP contribution in [0.5, 0.6) is 0 Å². The summed E-state index contributed by atoms with van der Waals surface area (Å²) in [6, 6.07) is 0. The third-order valence-corrected chi connectivity index (χ3v) is 37.0. The van der Waals surface area contributed by atoms with Crippen LogP contribution in [0, 0.1) is 68.0 Å². The van der Waals surface area contributed by atoms with Gasteiger partial charge in [0.15, 0.2) is 5.79 Å². The van der Waals surface area contributed by atoms with E-state index >= 15 is 0 Å². The van der Waals surface area contributed by atoms with E-state index in [1.165, 1.54) is 127 Å². The molecule has 3 saturated carbocycles. The predicted octanol–water partition coefficient (Wildman–Crippen LogP) is 15.2. The summed E-state index contributed by atoms with van der Waals surface area (Å²) in [5.74, 6) is 2.97. The van der Waals surface area contributed by atoms with Crippen molar-refractivity contribution in [1.29, 1.82) is 0 Å². The number of carbonyl (C=O) groups is 2. The van der Waals surface area contributed by atoms with Gasteiger partial charge in [-0.25, -0.2) is 9.59 Å². The van der Waals surface area contributed by atoms with Gasteiger partial charge in [-0.1, -0.05) is 139 Å². The van der Waals surface area contributed by atoms with Crippen molar-refractivity contribution >= 4 is 12.2 Å². The third kappa shape index (κ3) is 17.6. The second kappa shape index (κ2) is 37.6. The first kappa shape index (κ1) is 107. The first-order chi connectivity index (χ1) is 55.5. The van der Waals surface area contributed by atoms with Gasteiger partial charge in [0.25, 0.3) is 0 Å². The highest BCUT2D eigenvalue weighted by atomic mass is 16.7. The Morgan fingerprint density at radius 1 is 0.443 bits per heavy atom. The molecule has 0 aromatic heterocycles. The van der Waals surface area contributed by atoms with E-state index in [1.807, 2.05) is 6.92 Å². The molecule has 7 fully saturated rings. The van der Waals surface area contributed by atoms with Gasteiger partial charge in [0, 0.05) is 61.0 Å². The van der Waals surface area contributed by atoms with Crippen LogP contribution in [0.15, 0.2) is 11.6 Å². The van der Waals surface area contributed by atoms with Gasteiger partial charge in [0.1, 0.15) is 85.5 Å². The zero-order valence-electron chi connectivity index (χ0n) is 81.2. The molecule has 122 heavy (non-hydrogen) atoms. The van der Waals surface area contributed by atoms with Crippen molar-refractivity contribution in [2.45, 2.75) is 418 Å². The van der Waals surface area contributed by atoms with Gasteiger partial charge in [-0.3, -0.25) is 0 Å². The second-order valence-electron chi connectivity index (χ2n) is 44.4. The number of nitrogens with one attached hydrogen (secondary N) is 2. The van der Waals surface area contributed by atoms with E-state index in [9.17, 15) is 50.4 Å². The Kier molecular flexibility index (Phi) is 32.9. The van der Waals surface area contributed by atoms with Crippen molar-refractivity contribution in [3.05, 3.63) is 11.6 Å². The quantitative estimate of drug-likeness (QED) is 0.0201. The van der Waals surface area contributed by atoms with Crippen LogP contribution >= 0.6 is 0 Å². The van der Waals surface area contributed by atoms with E-state index in [1.54, 1.807) is 96.9 Å². The molecule has 2 amide bonds. The summed E-state index contributed by atoms with van der Waals surface area (Å²) in [4.78, 5) is 26.8. The Morgan fingerprint density at radius 2 is 0.902 bits per heavy atom. The van der Waals surface area contributed by atoms with Crippen molar-refractivity contribution < 1.29 is 112 Å². The molecule has 4 aliphatic heterocycles. The number of carbonyl (C=O) groups excluding carboxylic acids is 2. The first-order valence-corrected chi connectivity index (χ1v) is 46.4. The molecule has 0 radical (unpaired) electrons. The van der Waals surface area contributed by atoms with E-state index in [2.05, 4.69) is 51.3 Å². The summed E-state index contributed by atoms with van der Waals surface area (Å²) >= 11 is 0. The number of rotatable bonds is 40. The van der Waals surface area contributed by atoms with Crippen molar-refractivity contribution in [1.82, 2.24) is 10.6 Å². The molecular weight excluding hydrogens is 1560 g/mol. The molecule has 0 spiro atoms. The van der Waals surface area contributed by atoms with E-state index in [0.29, 0.717) is 24.9 Å². The molecular formula is C97H178N2O23. The molecule has 16 unspecified atom stereocenters. The maximum absolute atomic E-state index is 13.8.